The first-order valence-electron chi connectivity index (χ1n) is 6.67. The van der Waals surface area contributed by atoms with Crippen LogP contribution in [0.4, 0.5) is 4.79 Å². The summed E-state index contributed by atoms with van der Waals surface area (Å²) < 4.78 is 5.24. The van der Waals surface area contributed by atoms with Gasteiger partial charge in [0.1, 0.15) is 5.60 Å². The van der Waals surface area contributed by atoms with E-state index in [0.717, 1.165) is 22.2 Å². The van der Waals surface area contributed by atoms with Gasteiger partial charge in [-0.15, -0.1) is 0 Å². The monoisotopic (exact) mass is 272 g/mol. The minimum atomic E-state index is -0.486. The Labute approximate surface area is 119 Å². The van der Waals surface area contributed by atoms with E-state index in [1.165, 1.54) is 0 Å². The van der Waals surface area contributed by atoms with Crippen molar-refractivity contribution in [2.24, 2.45) is 0 Å². The van der Waals surface area contributed by atoms with E-state index >= 15 is 0 Å². The molecule has 1 aromatic heterocycles. The van der Waals surface area contributed by atoms with E-state index in [1.54, 1.807) is 0 Å². The summed E-state index contributed by atoms with van der Waals surface area (Å²) in [5.74, 6) is 0. The van der Waals surface area contributed by atoms with Crippen molar-refractivity contribution in [2.75, 3.05) is 0 Å². The third-order valence-electron chi connectivity index (χ3n) is 2.75. The predicted molar refractivity (Wildman–Crippen MR) is 79.6 cm³/mol. The molecular formula is C16H20N2O2. The number of carbonyl (C=O) groups excluding carboxylic acids is 1. The van der Waals surface area contributed by atoms with Crippen molar-refractivity contribution in [1.82, 2.24) is 10.3 Å². The molecule has 106 valence electrons. The van der Waals surface area contributed by atoms with E-state index in [1.807, 2.05) is 58.0 Å². The lowest BCUT2D eigenvalue weighted by atomic mass is 10.1. The molecule has 4 heteroatoms. The van der Waals surface area contributed by atoms with Gasteiger partial charge >= 0.3 is 6.09 Å². The second-order valence-electron chi connectivity index (χ2n) is 5.80. The highest BCUT2D eigenvalue weighted by atomic mass is 16.6. The molecule has 1 aromatic carbocycles. The zero-order valence-corrected chi connectivity index (χ0v) is 12.4. The van der Waals surface area contributed by atoms with Crippen LogP contribution >= 0.6 is 0 Å². The highest BCUT2D eigenvalue weighted by molar-refractivity contribution is 5.82. The van der Waals surface area contributed by atoms with Crippen molar-refractivity contribution in [3.8, 4) is 0 Å². The number of aryl methyl sites for hydroxylation is 1. The lowest BCUT2D eigenvalue weighted by molar-refractivity contribution is 0.0524. The molecule has 1 heterocycles. The van der Waals surface area contributed by atoms with Crippen molar-refractivity contribution in [1.29, 1.82) is 0 Å². The van der Waals surface area contributed by atoms with Gasteiger partial charge in [-0.25, -0.2) is 4.79 Å². The van der Waals surface area contributed by atoms with Crippen molar-refractivity contribution >= 4 is 17.0 Å². The summed E-state index contributed by atoms with van der Waals surface area (Å²) in [6.45, 7) is 7.91. The maximum Gasteiger partial charge on any atom is 0.407 e. The Bertz CT molecular complexity index is 630. The maximum absolute atomic E-state index is 11.7. The Balaban J connectivity index is 2.16. The zero-order valence-electron chi connectivity index (χ0n) is 12.4. The average molecular weight is 272 g/mol. The van der Waals surface area contributed by atoms with Crippen LogP contribution in [0.5, 0.6) is 0 Å². The van der Waals surface area contributed by atoms with Gasteiger partial charge in [0.25, 0.3) is 0 Å². The number of amides is 1. The molecule has 0 fully saturated rings. The predicted octanol–water partition coefficient (Wildman–Crippen LogP) is 3.57. The lowest BCUT2D eigenvalue weighted by Gasteiger charge is -2.20. The summed E-state index contributed by atoms with van der Waals surface area (Å²) in [6, 6.07) is 9.89. The first kappa shape index (κ1) is 14.3. The van der Waals surface area contributed by atoms with Crippen LogP contribution in [0, 0.1) is 6.92 Å². The molecule has 0 bridgehead atoms. The van der Waals surface area contributed by atoms with E-state index in [0.29, 0.717) is 6.54 Å². The van der Waals surface area contributed by atoms with Crippen LogP contribution in [-0.4, -0.2) is 16.7 Å². The lowest BCUT2D eigenvalue weighted by Crippen LogP contribution is -2.32. The van der Waals surface area contributed by atoms with Gasteiger partial charge < -0.3 is 10.1 Å². The Morgan fingerprint density at radius 2 is 2.00 bits per heavy atom. The normalized spacial score (nSPS) is 11.4. The van der Waals surface area contributed by atoms with E-state index in [9.17, 15) is 4.79 Å². The molecule has 0 aliphatic carbocycles. The van der Waals surface area contributed by atoms with Gasteiger partial charge in [-0.1, -0.05) is 18.2 Å². The molecule has 1 N–H and O–H groups in total. The second-order valence-corrected chi connectivity index (χ2v) is 5.80. The number of hydrogen-bond donors (Lipinski definition) is 1. The van der Waals surface area contributed by atoms with Gasteiger partial charge in [0.15, 0.2) is 0 Å². The minimum absolute atomic E-state index is 0.406. The van der Waals surface area contributed by atoms with E-state index in [4.69, 9.17) is 4.74 Å². The van der Waals surface area contributed by atoms with Crippen LogP contribution in [-0.2, 0) is 11.3 Å². The van der Waals surface area contributed by atoms with Crippen LogP contribution in [0.2, 0.25) is 0 Å². The molecule has 4 nitrogen and oxygen atoms in total. The molecule has 0 aliphatic heterocycles. The molecule has 0 saturated carbocycles. The first-order valence-corrected chi connectivity index (χ1v) is 6.67. The van der Waals surface area contributed by atoms with Crippen molar-refractivity contribution in [2.45, 2.75) is 39.8 Å². The molecule has 2 rings (SSSR count). The number of aromatic nitrogens is 1. The van der Waals surface area contributed by atoms with Crippen molar-refractivity contribution in [3.05, 3.63) is 41.6 Å². The molecule has 1 amide bonds. The fourth-order valence-corrected chi connectivity index (χ4v) is 2.02. The molecule has 2 aromatic rings. The summed E-state index contributed by atoms with van der Waals surface area (Å²) in [5, 5.41) is 3.84. The van der Waals surface area contributed by atoms with Crippen molar-refractivity contribution in [3.63, 3.8) is 0 Å². The van der Waals surface area contributed by atoms with Crippen LogP contribution in [0.15, 0.2) is 30.3 Å². The molecule has 0 spiro atoms. The standard InChI is InChI=1S/C16H20N2O2/c1-11-9-12(10-17-15(19)20-16(2,3)4)13-7-5-6-8-14(13)18-11/h5-9H,10H2,1-4H3,(H,17,19). The number of fused-ring (bicyclic) bond motifs is 1. The van der Waals surface area contributed by atoms with Crippen LogP contribution in [0.1, 0.15) is 32.0 Å². The van der Waals surface area contributed by atoms with Crippen molar-refractivity contribution < 1.29 is 9.53 Å². The van der Waals surface area contributed by atoms with Crippen LogP contribution in [0.25, 0.3) is 10.9 Å². The summed E-state index contributed by atoms with van der Waals surface area (Å²) in [5.41, 5.74) is 2.43. The minimum Gasteiger partial charge on any atom is -0.444 e. The number of ether oxygens (including phenoxy) is 1. The summed E-state index contributed by atoms with van der Waals surface area (Å²) >= 11 is 0. The number of nitrogens with zero attached hydrogens (tertiary/aromatic N) is 1. The SMILES string of the molecule is Cc1cc(CNC(=O)OC(C)(C)C)c2ccccc2n1. The van der Waals surface area contributed by atoms with Gasteiger partial charge in [-0.05, 0) is 45.4 Å². The number of carbonyl (C=O) groups is 1. The number of alkyl carbamates (subject to hydrolysis) is 1. The number of hydrogen-bond acceptors (Lipinski definition) is 3. The smallest absolute Gasteiger partial charge is 0.407 e. The molecule has 0 radical (unpaired) electrons. The van der Waals surface area contributed by atoms with Gasteiger partial charge in [-0.2, -0.15) is 0 Å². The number of para-hydroxylation sites is 1. The number of nitrogens with one attached hydrogen (secondary N) is 1. The Kier molecular flexibility index (Phi) is 3.93. The first-order chi connectivity index (χ1) is 9.35. The summed E-state index contributed by atoms with van der Waals surface area (Å²) in [4.78, 5) is 16.2. The molecule has 0 atom stereocenters. The van der Waals surface area contributed by atoms with Gasteiger partial charge in [-0.3, -0.25) is 4.98 Å². The Hall–Kier alpha value is -2.10. The molecule has 0 aliphatic rings. The van der Waals surface area contributed by atoms with E-state index in [-0.39, 0.29) is 0 Å². The highest BCUT2D eigenvalue weighted by Crippen LogP contribution is 2.18. The highest BCUT2D eigenvalue weighted by Gasteiger charge is 2.16. The summed E-state index contributed by atoms with van der Waals surface area (Å²) in [7, 11) is 0. The van der Waals surface area contributed by atoms with E-state index < -0.39 is 11.7 Å². The topological polar surface area (TPSA) is 51.2 Å². The Morgan fingerprint density at radius 1 is 1.30 bits per heavy atom. The average Bonchev–Trinajstić information content (AvgIpc) is 2.33. The van der Waals surface area contributed by atoms with Gasteiger partial charge in [0.2, 0.25) is 0 Å². The number of pyridine rings is 1. The van der Waals surface area contributed by atoms with Crippen LogP contribution in [0.3, 0.4) is 0 Å². The zero-order chi connectivity index (χ0) is 14.8. The van der Waals surface area contributed by atoms with Crippen LogP contribution < -0.4 is 5.32 Å². The molecule has 20 heavy (non-hydrogen) atoms. The fourth-order valence-electron chi connectivity index (χ4n) is 2.02. The molecule has 0 unspecified atom stereocenters. The third-order valence-corrected chi connectivity index (χ3v) is 2.75. The summed E-state index contributed by atoms with van der Waals surface area (Å²) in [6.07, 6.45) is -0.406. The number of benzene rings is 1. The largest absolute Gasteiger partial charge is 0.444 e. The van der Waals surface area contributed by atoms with Gasteiger partial charge in [0, 0.05) is 17.6 Å². The fraction of sp³-hybridized carbons (Fsp3) is 0.375. The second kappa shape index (κ2) is 5.49. The molecule has 0 saturated heterocycles. The quantitative estimate of drug-likeness (QED) is 0.909. The van der Waals surface area contributed by atoms with Gasteiger partial charge in [0.05, 0.1) is 5.52 Å². The molecular weight excluding hydrogens is 252 g/mol. The maximum atomic E-state index is 11.7. The Morgan fingerprint density at radius 3 is 2.70 bits per heavy atom. The third kappa shape index (κ3) is 3.70. The van der Waals surface area contributed by atoms with E-state index in [2.05, 4.69) is 10.3 Å². The number of rotatable bonds is 2.